The molecule has 0 aliphatic rings. The molecule has 0 aliphatic carbocycles. The lowest BCUT2D eigenvalue weighted by Crippen LogP contribution is -2.02. The Labute approximate surface area is 110 Å². The number of anilines is 1. The van der Waals surface area contributed by atoms with Gasteiger partial charge in [0.25, 0.3) is 0 Å². The van der Waals surface area contributed by atoms with Crippen LogP contribution in [-0.2, 0) is 0 Å². The van der Waals surface area contributed by atoms with Crippen molar-refractivity contribution in [2.45, 2.75) is 6.92 Å². The Morgan fingerprint density at radius 1 is 1.00 bits per heavy atom. The zero-order valence-corrected chi connectivity index (χ0v) is 10.5. The van der Waals surface area contributed by atoms with E-state index in [0.717, 1.165) is 16.8 Å². The first kappa shape index (κ1) is 11.4. The third-order valence-electron chi connectivity index (χ3n) is 3.00. The van der Waals surface area contributed by atoms with Crippen molar-refractivity contribution in [3.05, 3.63) is 54.1 Å². The third kappa shape index (κ3) is 1.95. The van der Waals surface area contributed by atoms with Gasteiger partial charge in [-0.2, -0.15) is 4.68 Å². The molecule has 0 bridgehead atoms. The number of benzene rings is 2. The first-order chi connectivity index (χ1) is 9.27. The molecule has 0 amide bonds. The maximum Gasteiger partial charge on any atom is 0.189 e. The highest BCUT2D eigenvalue weighted by Crippen LogP contribution is 2.28. The second-order valence-corrected chi connectivity index (χ2v) is 4.29. The van der Waals surface area contributed by atoms with Crippen LogP contribution in [0, 0.1) is 6.92 Å². The molecule has 0 aliphatic heterocycles. The Hall–Kier alpha value is -2.69. The summed E-state index contributed by atoms with van der Waals surface area (Å²) in [5.74, 6) is 0.654. The highest BCUT2D eigenvalue weighted by atomic mass is 15.5. The summed E-state index contributed by atoms with van der Waals surface area (Å²) < 4.78 is 1.69. The summed E-state index contributed by atoms with van der Waals surface area (Å²) in [5, 5.41) is 11.9. The Morgan fingerprint density at radius 2 is 1.79 bits per heavy atom. The molecule has 3 rings (SSSR count). The minimum absolute atomic E-state index is 0.654. The van der Waals surface area contributed by atoms with Crippen molar-refractivity contribution >= 4 is 5.69 Å². The molecular formula is C14H13N5. The van der Waals surface area contributed by atoms with Gasteiger partial charge in [-0.05, 0) is 41.1 Å². The summed E-state index contributed by atoms with van der Waals surface area (Å²) in [4.78, 5) is 0. The van der Waals surface area contributed by atoms with Crippen molar-refractivity contribution in [1.82, 2.24) is 20.2 Å². The molecule has 94 valence electrons. The number of rotatable bonds is 2. The molecule has 2 aromatic carbocycles. The van der Waals surface area contributed by atoms with Gasteiger partial charge in [0.1, 0.15) is 0 Å². The molecule has 1 aromatic heterocycles. The Bertz CT molecular complexity index is 683. The number of tetrazole rings is 1. The van der Waals surface area contributed by atoms with E-state index in [9.17, 15) is 0 Å². The van der Waals surface area contributed by atoms with Crippen LogP contribution >= 0.6 is 0 Å². The number of nitrogens with zero attached hydrogens (tertiary/aromatic N) is 4. The normalized spacial score (nSPS) is 10.6. The maximum atomic E-state index is 6.05. The van der Waals surface area contributed by atoms with Crippen LogP contribution in [0.5, 0.6) is 0 Å². The number of hydrogen-bond donors (Lipinski definition) is 1. The van der Waals surface area contributed by atoms with Gasteiger partial charge in [-0.25, -0.2) is 0 Å². The molecule has 0 saturated carbocycles. The van der Waals surface area contributed by atoms with Crippen LogP contribution in [0.3, 0.4) is 0 Å². The summed E-state index contributed by atoms with van der Waals surface area (Å²) >= 11 is 0. The molecule has 1 heterocycles. The molecule has 0 radical (unpaired) electrons. The molecule has 5 nitrogen and oxygen atoms in total. The lowest BCUT2D eigenvalue weighted by molar-refractivity contribution is 0.791. The maximum absolute atomic E-state index is 6.05. The monoisotopic (exact) mass is 251 g/mol. The predicted octanol–water partition coefficient (Wildman–Crippen LogP) is 2.22. The van der Waals surface area contributed by atoms with Crippen LogP contribution in [0.4, 0.5) is 5.69 Å². The largest absolute Gasteiger partial charge is 0.398 e. The first-order valence-electron chi connectivity index (χ1n) is 5.96. The second-order valence-electron chi connectivity index (χ2n) is 4.29. The number of aromatic nitrogens is 4. The van der Waals surface area contributed by atoms with E-state index < -0.39 is 0 Å². The smallest absolute Gasteiger partial charge is 0.189 e. The second kappa shape index (κ2) is 4.53. The summed E-state index contributed by atoms with van der Waals surface area (Å²) in [5.41, 5.74) is 9.55. The SMILES string of the molecule is Cc1cccc(N)c1-c1nnnn1-c1ccccc1. The van der Waals surface area contributed by atoms with Crippen molar-refractivity contribution in [1.29, 1.82) is 0 Å². The van der Waals surface area contributed by atoms with Gasteiger partial charge in [0.15, 0.2) is 5.82 Å². The van der Waals surface area contributed by atoms with Crippen LogP contribution in [0.2, 0.25) is 0 Å². The van der Waals surface area contributed by atoms with Gasteiger partial charge in [-0.1, -0.05) is 30.3 Å². The van der Waals surface area contributed by atoms with Gasteiger partial charge < -0.3 is 5.73 Å². The van der Waals surface area contributed by atoms with Crippen molar-refractivity contribution in [2.24, 2.45) is 0 Å². The zero-order chi connectivity index (χ0) is 13.2. The summed E-state index contributed by atoms with van der Waals surface area (Å²) in [7, 11) is 0. The summed E-state index contributed by atoms with van der Waals surface area (Å²) in [6, 6.07) is 15.5. The van der Waals surface area contributed by atoms with Crippen LogP contribution in [0.15, 0.2) is 48.5 Å². The van der Waals surface area contributed by atoms with Crippen LogP contribution in [0.25, 0.3) is 17.1 Å². The lowest BCUT2D eigenvalue weighted by atomic mass is 10.1. The van der Waals surface area contributed by atoms with Crippen molar-refractivity contribution < 1.29 is 0 Å². The van der Waals surface area contributed by atoms with Gasteiger partial charge in [-0.3, -0.25) is 0 Å². The summed E-state index contributed by atoms with van der Waals surface area (Å²) in [6.07, 6.45) is 0. The quantitative estimate of drug-likeness (QED) is 0.709. The predicted molar refractivity (Wildman–Crippen MR) is 73.7 cm³/mol. The van der Waals surface area contributed by atoms with E-state index in [1.54, 1.807) is 4.68 Å². The molecule has 0 saturated heterocycles. The Morgan fingerprint density at radius 3 is 2.53 bits per heavy atom. The Balaban J connectivity index is 2.21. The van der Waals surface area contributed by atoms with Gasteiger partial charge in [0.2, 0.25) is 0 Å². The van der Waals surface area contributed by atoms with Gasteiger partial charge in [0.05, 0.1) is 5.69 Å². The van der Waals surface area contributed by atoms with E-state index in [1.807, 2.05) is 55.5 Å². The topological polar surface area (TPSA) is 69.6 Å². The number of para-hydroxylation sites is 1. The van der Waals surface area contributed by atoms with Crippen LogP contribution < -0.4 is 5.73 Å². The fraction of sp³-hybridized carbons (Fsp3) is 0.0714. The average molecular weight is 251 g/mol. The number of hydrogen-bond acceptors (Lipinski definition) is 4. The number of aryl methyl sites for hydroxylation is 1. The third-order valence-corrected chi connectivity index (χ3v) is 3.00. The fourth-order valence-corrected chi connectivity index (χ4v) is 2.08. The molecule has 3 aromatic rings. The van der Waals surface area contributed by atoms with E-state index in [2.05, 4.69) is 15.5 Å². The lowest BCUT2D eigenvalue weighted by Gasteiger charge is -2.09. The standard InChI is InChI=1S/C14H13N5/c1-10-6-5-9-12(15)13(10)14-16-17-18-19(14)11-7-3-2-4-8-11/h2-9H,15H2,1H3. The fourth-order valence-electron chi connectivity index (χ4n) is 2.08. The molecule has 0 fully saturated rings. The van der Waals surface area contributed by atoms with E-state index in [-0.39, 0.29) is 0 Å². The van der Waals surface area contributed by atoms with Gasteiger partial charge in [-0.15, -0.1) is 5.10 Å². The number of nitrogen functional groups attached to an aromatic ring is 1. The van der Waals surface area contributed by atoms with Gasteiger partial charge >= 0.3 is 0 Å². The molecule has 0 spiro atoms. The zero-order valence-electron chi connectivity index (χ0n) is 10.5. The molecule has 19 heavy (non-hydrogen) atoms. The number of nitrogens with two attached hydrogens (primary N) is 1. The van der Waals surface area contributed by atoms with E-state index >= 15 is 0 Å². The summed E-state index contributed by atoms with van der Waals surface area (Å²) in [6.45, 7) is 2.00. The van der Waals surface area contributed by atoms with Crippen molar-refractivity contribution in [2.75, 3.05) is 5.73 Å². The molecule has 0 atom stereocenters. The minimum Gasteiger partial charge on any atom is -0.398 e. The minimum atomic E-state index is 0.654. The van der Waals surface area contributed by atoms with E-state index in [4.69, 9.17) is 5.73 Å². The first-order valence-corrected chi connectivity index (χ1v) is 5.96. The van der Waals surface area contributed by atoms with Crippen LogP contribution in [-0.4, -0.2) is 20.2 Å². The van der Waals surface area contributed by atoms with Crippen molar-refractivity contribution in [3.8, 4) is 17.1 Å². The van der Waals surface area contributed by atoms with Gasteiger partial charge in [0, 0.05) is 11.3 Å². The molecular weight excluding hydrogens is 238 g/mol. The van der Waals surface area contributed by atoms with E-state index in [1.165, 1.54) is 0 Å². The van der Waals surface area contributed by atoms with E-state index in [0.29, 0.717) is 11.5 Å². The highest BCUT2D eigenvalue weighted by molar-refractivity contribution is 5.75. The molecule has 0 unspecified atom stereocenters. The average Bonchev–Trinajstić information content (AvgIpc) is 2.89. The highest BCUT2D eigenvalue weighted by Gasteiger charge is 2.15. The molecule has 5 heteroatoms. The van der Waals surface area contributed by atoms with Crippen molar-refractivity contribution in [3.63, 3.8) is 0 Å². The molecule has 2 N–H and O–H groups in total. The van der Waals surface area contributed by atoms with Crippen LogP contribution in [0.1, 0.15) is 5.56 Å². The Kier molecular flexibility index (Phi) is 2.72.